The molecule has 1 heterocycles. The zero-order chi connectivity index (χ0) is 18.7. The van der Waals surface area contributed by atoms with Crippen molar-refractivity contribution in [3.8, 4) is 0 Å². The first-order valence-electron chi connectivity index (χ1n) is 7.95. The highest BCUT2D eigenvalue weighted by atomic mass is 79.9. The molecule has 3 rings (SSSR count). The van der Waals surface area contributed by atoms with Crippen molar-refractivity contribution in [2.75, 3.05) is 18.1 Å². The summed E-state index contributed by atoms with van der Waals surface area (Å²) in [6.07, 6.45) is 0.0534. The van der Waals surface area contributed by atoms with E-state index < -0.39 is 11.9 Å². The minimum atomic E-state index is -0.598. The molecule has 134 valence electrons. The maximum atomic E-state index is 12.2. The molecule has 1 amide bonds. The number of esters is 1. The van der Waals surface area contributed by atoms with Crippen LogP contribution in [0.3, 0.4) is 0 Å². The van der Waals surface area contributed by atoms with Gasteiger partial charge in [-0.15, -0.1) is 0 Å². The molecule has 2 aromatic rings. The summed E-state index contributed by atoms with van der Waals surface area (Å²) in [6, 6.07) is 13.7. The second kappa shape index (κ2) is 8.01. The quantitative estimate of drug-likeness (QED) is 0.527. The Morgan fingerprint density at radius 3 is 2.62 bits per heavy atom. The lowest BCUT2D eigenvalue weighted by molar-refractivity contribution is -0.147. The van der Waals surface area contributed by atoms with Gasteiger partial charge in [-0.3, -0.25) is 14.4 Å². The van der Waals surface area contributed by atoms with E-state index in [0.717, 1.165) is 4.47 Å². The molecule has 0 bridgehead atoms. The number of hydrogen-bond acceptors (Lipinski definition) is 4. The minimum absolute atomic E-state index is 0.0534. The number of carbonyl (C=O) groups is 3. The molecule has 0 saturated carbocycles. The fourth-order valence-corrected chi connectivity index (χ4v) is 3.18. The van der Waals surface area contributed by atoms with Crippen LogP contribution in [-0.2, 0) is 14.3 Å². The van der Waals surface area contributed by atoms with Crippen molar-refractivity contribution in [3.63, 3.8) is 0 Å². The molecule has 7 heteroatoms. The third-order valence-electron chi connectivity index (χ3n) is 4.09. The highest BCUT2D eigenvalue weighted by Gasteiger charge is 2.36. The number of ether oxygens (including phenoxy) is 1. The smallest absolute Gasteiger partial charge is 0.311 e. The number of carbonyl (C=O) groups excluding carboxylic acids is 3. The molecular formula is C19H15BrClNO4. The normalized spacial score (nSPS) is 16.6. The van der Waals surface area contributed by atoms with Crippen LogP contribution in [0.15, 0.2) is 53.0 Å². The van der Waals surface area contributed by atoms with Gasteiger partial charge in [-0.2, -0.15) is 0 Å². The van der Waals surface area contributed by atoms with Gasteiger partial charge >= 0.3 is 5.97 Å². The standard InChI is InChI=1S/C19H15BrClNO4/c20-14-6-4-12(5-7-14)17(23)11-26-19(25)13-8-18(24)22(10-13)16-3-1-2-15(21)9-16/h1-7,9,13H,8,10-11H2. The van der Waals surface area contributed by atoms with Crippen LogP contribution in [0.5, 0.6) is 0 Å². The molecule has 5 nitrogen and oxygen atoms in total. The summed E-state index contributed by atoms with van der Waals surface area (Å²) in [4.78, 5) is 38.0. The van der Waals surface area contributed by atoms with Gasteiger partial charge in [-0.25, -0.2) is 0 Å². The van der Waals surface area contributed by atoms with E-state index in [-0.39, 0.29) is 31.3 Å². The summed E-state index contributed by atoms with van der Waals surface area (Å²) in [5.74, 6) is -1.61. The van der Waals surface area contributed by atoms with Crippen LogP contribution < -0.4 is 4.90 Å². The molecule has 0 aromatic heterocycles. The summed E-state index contributed by atoms with van der Waals surface area (Å²) in [5, 5.41) is 0.515. The number of halogens is 2. The van der Waals surface area contributed by atoms with Gasteiger partial charge in [0.05, 0.1) is 5.92 Å². The van der Waals surface area contributed by atoms with Gasteiger partial charge < -0.3 is 9.64 Å². The maximum absolute atomic E-state index is 12.2. The van der Waals surface area contributed by atoms with Gasteiger partial charge in [0, 0.05) is 33.7 Å². The van der Waals surface area contributed by atoms with Crippen LogP contribution >= 0.6 is 27.5 Å². The van der Waals surface area contributed by atoms with Crippen molar-refractivity contribution in [3.05, 3.63) is 63.6 Å². The van der Waals surface area contributed by atoms with E-state index in [1.807, 2.05) is 0 Å². The third kappa shape index (κ3) is 4.31. The number of rotatable bonds is 5. The van der Waals surface area contributed by atoms with Crippen LogP contribution in [0.25, 0.3) is 0 Å². The number of benzene rings is 2. The topological polar surface area (TPSA) is 63.7 Å². The molecule has 1 aliphatic heterocycles. The molecule has 0 N–H and O–H groups in total. The predicted molar refractivity (Wildman–Crippen MR) is 101 cm³/mol. The van der Waals surface area contributed by atoms with E-state index in [1.165, 1.54) is 4.90 Å². The molecule has 1 saturated heterocycles. The molecule has 0 aliphatic carbocycles. The van der Waals surface area contributed by atoms with E-state index in [2.05, 4.69) is 15.9 Å². The maximum Gasteiger partial charge on any atom is 0.311 e. The van der Waals surface area contributed by atoms with Crippen molar-refractivity contribution < 1.29 is 19.1 Å². The SMILES string of the molecule is O=C(COC(=O)C1CC(=O)N(c2cccc(Cl)c2)C1)c1ccc(Br)cc1. The fourth-order valence-electron chi connectivity index (χ4n) is 2.73. The predicted octanol–water partition coefficient (Wildman–Crippen LogP) is 3.88. The largest absolute Gasteiger partial charge is 0.457 e. The molecule has 0 radical (unpaired) electrons. The summed E-state index contributed by atoms with van der Waals surface area (Å²) in [6.45, 7) is -0.132. The van der Waals surface area contributed by atoms with Gasteiger partial charge in [0.25, 0.3) is 0 Å². The van der Waals surface area contributed by atoms with Gasteiger partial charge in [-0.05, 0) is 30.3 Å². The first-order valence-corrected chi connectivity index (χ1v) is 9.12. The van der Waals surface area contributed by atoms with E-state index in [1.54, 1.807) is 48.5 Å². The lowest BCUT2D eigenvalue weighted by Gasteiger charge is -2.16. The third-order valence-corrected chi connectivity index (χ3v) is 4.85. The average molecular weight is 437 g/mol. The first kappa shape index (κ1) is 18.6. The zero-order valence-corrected chi connectivity index (χ0v) is 16.0. The fraction of sp³-hybridized carbons (Fsp3) is 0.211. The Balaban J connectivity index is 1.58. The van der Waals surface area contributed by atoms with Crippen molar-refractivity contribution in [2.24, 2.45) is 5.92 Å². The van der Waals surface area contributed by atoms with E-state index in [4.69, 9.17) is 16.3 Å². The molecule has 26 heavy (non-hydrogen) atoms. The van der Waals surface area contributed by atoms with Crippen LogP contribution in [0.1, 0.15) is 16.8 Å². The Bertz CT molecular complexity index is 853. The number of anilines is 1. The van der Waals surface area contributed by atoms with Gasteiger partial charge in [0.1, 0.15) is 0 Å². The summed E-state index contributed by atoms with van der Waals surface area (Å²) in [5.41, 5.74) is 1.10. The lowest BCUT2D eigenvalue weighted by atomic mass is 10.1. The Morgan fingerprint density at radius 2 is 1.92 bits per heavy atom. The molecule has 2 aromatic carbocycles. The number of Topliss-reactive ketones (excluding diaryl/α,β-unsaturated/α-hetero) is 1. The van der Waals surface area contributed by atoms with E-state index in [0.29, 0.717) is 16.3 Å². The number of ketones is 1. The van der Waals surface area contributed by atoms with Crippen molar-refractivity contribution >= 4 is 50.9 Å². The second-order valence-electron chi connectivity index (χ2n) is 5.92. The highest BCUT2D eigenvalue weighted by Crippen LogP contribution is 2.27. The minimum Gasteiger partial charge on any atom is -0.457 e. The zero-order valence-electron chi connectivity index (χ0n) is 13.7. The average Bonchev–Trinajstić information content (AvgIpc) is 3.02. The monoisotopic (exact) mass is 435 g/mol. The number of amides is 1. The van der Waals surface area contributed by atoms with Crippen molar-refractivity contribution in [2.45, 2.75) is 6.42 Å². The number of hydrogen-bond donors (Lipinski definition) is 0. The van der Waals surface area contributed by atoms with E-state index >= 15 is 0 Å². The molecular weight excluding hydrogens is 422 g/mol. The first-order chi connectivity index (χ1) is 12.4. The summed E-state index contributed by atoms with van der Waals surface area (Å²) in [7, 11) is 0. The summed E-state index contributed by atoms with van der Waals surface area (Å²) < 4.78 is 5.98. The molecule has 1 unspecified atom stereocenters. The molecule has 1 fully saturated rings. The Hall–Kier alpha value is -2.18. The Kier molecular flexibility index (Phi) is 5.74. The van der Waals surface area contributed by atoms with Gasteiger partial charge in [0.2, 0.25) is 5.91 Å². The highest BCUT2D eigenvalue weighted by molar-refractivity contribution is 9.10. The lowest BCUT2D eigenvalue weighted by Crippen LogP contribution is -2.27. The van der Waals surface area contributed by atoms with Crippen LogP contribution in [0.2, 0.25) is 5.02 Å². The van der Waals surface area contributed by atoms with E-state index in [9.17, 15) is 14.4 Å². The molecule has 1 aliphatic rings. The molecule has 1 atom stereocenters. The summed E-state index contributed by atoms with van der Waals surface area (Å²) >= 11 is 9.25. The Labute approximate surface area is 164 Å². The van der Waals surface area contributed by atoms with Crippen LogP contribution in [0.4, 0.5) is 5.69 Å². The van der Waals surface area contributed by atoms with Crippen LogP contribution in [0, 0.1) is 5.92 Å². The van der Waals surface area contributed by atoms with Crippen molar-refractivity contribution in [1.29, 1.82) is 0 Å². The number of nitrogens with zero attached hydrogens (tertiary/aromatic N) is 1. The van der Waals surface area contributed by atoms with Gasteiger partial charge in [-0.1, -0.05) is 45.7 Å². The molecule has 0 spiro atoms. The van der Waals surface area contributed by atoms with Gasteiger partial charge in [0.15, 0.2) is 12.4 Å². The van der Waals surface area contributed by atoms with Crippen LogP contribution in [-0.4, -0.2) is 30.8 Å². The Morgan fingerprint density at radius 1 is 1.19 bits per heavy atom. The van der Waals surface area contributed by atoms with Crippen molar-refractivity contribution in [1.82, 2.24) is 0 Å². The second-order valence-corrected chi connectivity index (χ2v) is 7.28.